The third-order valence-electron chi connectivity index (χ3n) is 6.07. The first-order valence-corrected chi connectivity index (χ1v) is 11.4. The fourth-order valence-corrected chi connectivity index (χ4v) is 3.77. The van der Waals surface area contributed by atoms with Gasteiger partial charge in [0.1, 0.15) is 5.82 Å². The van der Waals surface area contributed by atoms with E-state index < -0.39 is 0 Å². The SMILES string of the molecule is O=C(NCCCNc1nc(Nc2ccc(-c3cn[nH]c3)nc2)ncc1C1CC1)C1CCC1. The molecule has 0 unspecified atom stereocenters. The second-order valence-corrected chi connectivity index (χ2v) is 8.52. The van der Waals surface area contributed by atoms with Gasteiger partial charge in [-0.3, -0.25) is 14.9 Å². The monoisotopic (exact) mass is 432 g/mol. The van der Waals surface area contributed by atoms with Crippen LogP contribution >= 0.6 is 0 Å². The van der Waals surface area contributed by atoms with Gasteiger partial charge in [-0.2, -0.15) is 10.1 Å². The number of anilines is 3. The molecule has 3 aromatic heterocycles. The van der Waals surface area contributed by atoms with E-state index in [1.807, 2.05) is 24.5 Å². The Morgan fingerprint density at radius 3 is 2.66 bits per heavy atom. The number of hydrogen-bond acceptors (Lipinski definition) is 7. The molecule has 0 spiro atoms. The minimum Gasteiger partial charge on any atom is -0.370 e. The molecule has 0 aliphatic heterocycles. The molecule has 2 aliphatic carbocycles. The normalized spacial score (nSPS) is 15.8. The highest BCUT2D eigenvalue weighted by molar-refractivity contribution is 5.79. The number of amides is 1. The first-order chi connectivity index (χ1) is 15.8. The van der Waals surface area contributed by atoms with Crippen molar-refractivity contribution in [2.24, 2.45) is 5.92 Å². The lowest BCUT2D eigenvalue weighted by Crippen LogP contribution is -2.35. The maximum Gasteiger partial charge on any atom is 0.229 e. The van der Waals surface area contributed by atoms with Crippen molar-refractivity contribution < 1.29 is 4.79 Å². The third-order valence-corrected chi connectivity index (χ3v) is 6.07. The van der Waals surface area contributed by atoms with Crippen LogP contribution in [0.5, 0.6) is 0 Å². The van der Waals surface area contributed by atoms with Gasteiger partial charge in [0.05, 0.1) is 23.8 Å². The van der Waals surface area contributed by atoms with Crippen LogP contribution in [-0.4, -0.2) is 44.1 Å². The zero-order valence-electron chi connectivity index (χ0n) is 18.0. The Balaban J connectivity index is 1.18. The molecule has 0 bridgehead atoms. The minimum absolute atomic E-state index is 0.204. The lowest BCUT2D eigenvalue weighted by Gasteiger charge is -2.24. The number of nitrogens with zero attached hydrogens (tertiary/aromatic N) is 4. The summed E-state index contributed by atoms with van der Waals surface area (Å²) < 4.78 is 0. The molecule has 1 amide bonds. The van der Waals surface area contributed by atoms with Crippen molar-refractivity contribution in [2.45, 2.75) is 44.4 Å². The average molecular weight is 433 g/mol. The van der Waals surface area contributed by atoms with Crippen LogP contribution in [0.25, 0.3) is 11.3 Å². The predicted octanol–water partition coefficient (Wildman–Crippen LogP) is 3.60. The molecule has 32 heavy (non-hydrogen) atoms. The van der Waals surface area contributed by atoms with E-state index in [9.17, 15) is 4.79 Å². The molecule has 4 N–H and O–H groups in total. The van der Waals surface area contributed by atoms with Gasteiger partial charge < -0.3 is 16.0 Å². The van der Waals surface area contributed by atoms with Crippen LogP contribution in [0.3, 0.4) is 0 Å². The summed E-state index contributed by atoms with van der Waals surface area (Å²) in [5.41, 5.74) is 3.78. The van der Waals surface area contributed by atoms with Gasteiger partial charge in [-0.25, -0.2) is 4.98 Å². The Bertz CT molecular complexity index is 1040. The Hall–Kier alpha value is -3.49. The number of aromatic amines is 1. The summed E-state index contributed by atoms with van der Waals surface area (Å²) in [6.45, 7) is 1.44. The molecule has 0 aromatic carbocycles. The van der Waals surface area contributed by atoms with Crippen LogP contribution in [0.15, 0.2) is 36.9 Å². The van der Waals surface area contributed by atoms with Crippen molar-refractivity contribution in [3.05, 3.63) is 42.5 Å². The second kappa shape index (κ2) is 9.33. The number of pyridine rings is 1. The Kier molecular flexibility index (Phi) is 5.96. The van der Waals surface area contributed by atoms with E-state index in [4.69, 9.17) is 4.98 Å². The average Bonchev–Trinajstić information content (AvgIpc) is 3.46. The fourth-order valence-electron chi connectivity index (χ4n) is 3.77. The molecule has 2 fully saturated rings. The van der Waals surface area contributed by atoms with Crippen LogP contribution in [0.2, 0.25) is 0 Å². The van der Waals surface area contributed by atoms with Crippen molar-refractivity contribution in [1.29, 1.82) is 0 Å². The number of aromatic nitrogens is 5. The number of nitrogens with one attached hydrogen (secondary N) is 4. The predicted molar refractivity (Wildman–Crippen MR) is 123 cm³/mol. The highest BCUT2D eigenvalue weighted by Gasteiger charge is 2.28. The Morgan fingerprint density at radius 2 is 1.97 bits per heavy atom. The smallest absolute Gasteiger partial charge is 0.229 e. The van der Waals surface area contributed by atoms with E-state index in [1.54, 1.807) is 12.4 Å². The zero-order chi connectivity index (χ0) is 21.8. The number of carbonyl (C=O) groups excluding carboxylic acids is 1. The van der Waals surface area contributed by atoms with Crippen molar-refractivity contribution in [2.75, 3.05) is 23.7 Å². The van der Waals surface area contributed by atoms with E-state index in [2.05, 4.69) is 36.1 Å². The van der Waals surface area contributed by atoms with Gasteiger partial charge in [-0.05, 0) is 50.2 Å². The molecule has 9 nitrogen and oxygen atoms in total. The van der Waals surface area contributed by atoms with Crippen LogP contribution in [0, 0.1) is 5.92 Å². The number of carbonyl (C=O) groups is 1. The Labute approximate surface area is 186 Å². The fraction of sp³-hybridized carbons (Fsp3) is 0.435. The first-order valence-electron chi connectivity index (χ1n) is 11.4. The number of H-pyrrole nitrogens is 1. The summed E-state index contributed by atoms with van der Waals surface area (Å²) >= 11 is 0. The van der Waals surface area contributed by atoms with Crippen LogP contribution in [0.4, 0.5) is 17.5 Å². The van der Waals surface area contributed by atoms with Gasteiger partial charge in [0.25, 0.3) is 0 Å². The van der Waals surface area contributed by atoms with E-state index in [-0.39, 0.29) is 11.8 Å². The number of rotatable bonds is 10. The van der Waals surface area contributed by atoms with E-state index in [0.29, 0.717) is 18.4 Å². The summed E-state index contributed by atoms with van der Waals surface area (Å²) in [7, 11) is 0. The van der Waals surface area contributed by atoms with E-state index in [1.165, 1.54) is 24.8 Å². The first kappa shape index (κ1) is 20.4. The third kappa shape index (κ3) is 4.87. The molecule has 5 rings (SSSR count). The van der Waals surface area contributed by atoms with E-state index >= 15 is 0 Å². The molecule has 2 saturated carbocycles. The van der Waals surface area contributed by atoms with Crippen molar-refractivity contribution in [1.82, 2.24) is 30.5 Å². The maximum atomic E-state index is 11.9. The van der Waals surface area contributed by atoms with E-state index in [0.717, 1.165) is 48.6 Å². The topological polar surface area (TPSA) is 121 Å². The van der Waals surface area contributed by atoms with Crippen LogP contribution in [-0.2, 0) is 4.79 Å². The lowest BCUT2D eigenvalue weighted by atomic mass is 9.85. The highest BCUT2D eigenvalue weighted by Crippen LogP contribution is 2.42. The van der Waals surface area contributed by atoms with Crippen molar-refractivity contribution >= 4 is 23.4 Å². The number of hydrogen-bond donors (Lipinski definition) is 4. The molecular weight excluding hydrogens is 404 g/mol. The van der Waals surface area contributed by atoms with Gasteiger partial charge in [0.15, 0.2) is 0 Å². The molecule has 3 aromatic rings. The standard InChI is InChI=1S/C23H28N8O/c32-22(16-3-1-4-16)25-10-2-9-24-21-19(15-5-6-15)14-27-23(31-21)30-18-7-8-20(26-13-18)17-11-28-29-12-17/h7-8,11-16H,1-6,9-10H2,(H,25,32)(H,28,29)(H2,24,27,30,31). The van der Waals surface area contributed by atoms with Crippen LogP contribution < -0.4 is 16.0 Å². The largest absolute Gasteiger partial charge is 0.370 e. The molecule has 3 heterocycles. The molecule has 0 radical (unpaired) electrons. The van der Waals surface area contributed by atoms with Gasteiger partial charge in [0, 0.05) is 42.5 Å². The van der Waals surface area contributed by atoms with Crippen LogP contribution in [0.1, 0.15) is 50.0 Å². The molecule has 9 heteroatoms. The van der Waals surface area contributed by atoms with Gasteiger partial charge in [0.2, 0.25) is 11.9 Å². The summed E-state index contributed by atoms with van der Waals surface area (Å²) in [5, 5.41) is 16.5. The summed E-state index contributed by atoms with van der Waals surface area (Å²) in [5.74, 6) is 2.39. The zero-order valence-corrected chi connectivity index (χ0v) is 18.0. The molecule has 0 atom stereocenters. The van der Waals surface area contributed by atoms with Gasteiger partial charge >= 0.3 is 0 Å². The quantitative estimate of drug-likeness (QED) is 0.361. The minimum atomic E-state index is 0.204. The summed E-state index contributed by atoms with van der Waals surface area (Å²) in [4.78, 5) is 25.7. The molecular formula is C23H28N8O. The van der Waals surface area contributed by atoms with Gasteiger partial charge in [-0.1, -0.05) is 6.42 Å². The Morgan fingerprint density at radius 1 is 1.06 bits per heavy atom. The second-order valence-electron chi connectivity index (χ2n) is 8.52. The summed E-state index contributed by atoms with van der Waals surface area (Å²) in [6.07, 6.45) is 13.7. The molecule has 166 valence electrons. The maximum absolute atomic E-state index is 11.9. The molecule has 2 aliphatic rings. The van der Waals surface area contributed by atoms with Crippen molar-refractivity contribution in [3.8, 4) is 11.3 Å². The molecule has 0 saturated heterocycles. The highest BCUT2D eigenvalue weighted by atomic mass is 16.1. The summed E-state index contributed by atoms with van der Waals surface area (Å²) in [6, 6.07) is 3.88. The van der Waals surface area contributed by atoms with Crippen molar-refractivity contribution in [3.63, 3.8) is 0 Å². The van der Waals surface area contributed by atoms with Gasteiger partial charge in [-0.15, -0.1) is 0 Å². The lowest BCUT2D eigenvalue weighted by molar-refractivity contribution is -0.127.